The summed E-state index contributed by atoms with van der Waals surface area (Å²) in [5.74, 6) is -0.132. The molecule has 0 saturated carbocycles. The van der Waals surface area contributed by atoms with Gasteiger partial charge < -0.3 is 13.9 Å². The summed E-state index contributed by atoms with van der Waals surface area (Å²) in [6.07, 6.45) is 4.47. The highest BCUT2D eigenvalue weighted by atomic mass is 16.5. The van der Waals surface area contributed by atoms with Gasteiger partial charge in [-0.2, -0.15) is 0 Å². The molecule has 1 aromatic rings. The molecule has 1 aliphatic heterocycles. The molecule has 1 saturated heterocycles. The first kappa shape index (κ1) is 14.6. The molecule has 1 atom stereocenters. The number of nitrogens with zero attached hydrogens (tertiary/aromatic N) is 1. The van der Waals surface area contributed by atoms with Crippen LogP contribution >= 0.6 is 0 Å². The highest BCUT2D eigenvalue weighted by Crippen LogP contribution is 2.12. The molecule has 110 valence electrons. The van der Waals surface area contributed by atoms with Crippen molar-refractivity contribution in [3.63, 3.8) is 0 Å². The fraction of sp³-hybridized carbons (Fsp3) is 0.571. The van der Waals surface area contributed by atoms with Gasteiger partial charge >= 0.3 is 0 Å². The Morgan fingerprint density at radius 1 is 1.60 bits per heavy atom. The van der Waals surface area contributed by atoms with Crippen LogP contribution in [-0.2, 0) is 9.47 Å². The van der Waals surface area contributed by atoms with E-state index in [9.17, 15) is 4.79 Å². The van der Waals surface area contributed by atoms with Crippen LogP contribution < -0.4 is 5.32 Å². The third-order valence-corrected chi connectivity index (χ3v) is 2.87. The maximum absolute atomic E-state index is 11.9. The van der Waals surface area contributed by atoms with Crippen LogP contribution in [0.1, 0.15) is 36.7 Å². The fourth-order valence-corrected chi connectivity index (χ4v) is 1.86. The van der Waals surface area contributed by atoms with Crippen LogP contribution in [0.5, 0.6) is 0 Å². The van der Waals surface area contributed by atoms with Gasteiger partial charge in [0, 0.05) is 6.61 Å². The van der Waals surface area contributed by atoms with E-state index in [0.29, 0.717) is 13.2 Å². The van der Waals surface area contributed by atoms with E-state index in [1.54, 1.807) is 12.1 Å². The van der Waals surface area contributed by atoms with Crippen molar-refractivity contribution in [2.45, 2.75) is 32.3 Å². The van der Waals surface area contributed by atoms with E-state index in [1.165, 1.54) is 6.26 Å². The Morgan fingerprint density at radius 3 is 3.15 bits per heavy atom. The predicted octanol–water partition coefficient (Wildman–Crippen LogP) is 1.97. The lowest BCUT2D eigenvalue weighted by molar-refractivity contribution is 0.0935. The monoisotopic (exact) mass is 280 g/mol. The number of carbonyl (C=O) groups excluding carboxylic acids is 1. The molecule has 1 aromatic heterocycles. The Balaban J connectivity index is 1.91. The number of rotatable bonds is 5. The number of aliphatic imine (C=N–C) groups is 1. The van der Waals surface area contributed by atoms with Crippen molar-refractivity contribution in [1.82, 2.24) is 5.32 Å². The van der Waals surface area contributed by atoms with Gasteiger partial charge in [-0.15, -0.1) is 0 Å². The molecule has 1 N–H and O–H groups in total. The molecule has 2 heterocycles. The number of amidine groups is 1. The highest BCUT2D eigenvalue weighted by Gasteiger charge is 2.17. The van der Waals surface area contributed by atoms with E-state index >= 15 is 0 Å². The van der Waals surface area contributed by atoms with E-state index in [4.69, 9.17) is 13.9 Å². The minimum atomic E-state index is -0.364. The van der Waals surface area contributed by atoms with Gasteiger partial charge in [-0.05, 0) is 31.4 Å². The molecule has 0 aliphatic carbocycles. The minimum Gasteiger partial charge on any atom is -0.465 e. The molecule has 1 fully saturated rings. The second-order valence-electron chi connectivity index (χ2n) is 4.56. The van der Waals surface area contributed by atoms with Gasteiger partial charge in [-0.25, -0.2) is 4.99 Å². The average molecular weight is 280 g/mol. The Labute approximate surface area is 118 Å². The molecule has 0 aromatic carbocycles. The largest absolute Gasteiger partial charge is 0.465 e. The molecule has 6 heteroatoms. The van der Waals surface area contributed by atoms with Gasteiger partial charge in [0.25, 0.3) is 11.9 Å². The molecule has 0 spiro atoms. The van der Waals surface area contributed by atoms with Crippen LogP contribution in [0.3, 0.4) is 0 Å². The molecule has 0 bridgehead atoms. The summed E-state index contributed by atoms with van der Waals surface area (Å²) in [6, 6.07) is 3.47. The average Bonchev–Trinajstić information content (AvgIpc) is 3.13. The zero-order valence-electron chi connectivity index (χ0n) is 11.6. The Morgan fingerprint density at radius 2 is 2.50 bits per heavy atom. The van der Waals surface area contributed by atoms with Gasteiger partial charge in [0.2, 0.25) is 0 Å². The van der Waals surface area contributed by atoms with Crippen molar-refractivity contribution in [3.05, 3.63) is 24.2 Å². The first-order valence-electron chi connectivity index (χ1n) is 6.93. The highest BCUT2D eigenvalue weighted by molar-refractivity contribution is 6.02. The first-order valence-corrected chi connectivity index (χ1v) is 6.93. The molecule has 20 heavy (non-hydrogen) atoms. The Bertz CT molecular complexity index is 436. The molecule has 1 aliphatic rings. The zero-order valence-corrected chi connectivity index (χ0v) is 11.6. The number of carbonyl (C=O) groups is 1. The predicted molar refractivity (Wildman–Crippen MR) is 73.7 cm³/mol. The SMILES string of the molecule is CCCOC(=NC[C@H]1CCCO1)NC(=O)c1ccco1. The lowest BCUT2D eigenvalue weighted by Gasteiger charge is -2.11. The lowest BCUT2D eigenvalue weighted by Crippen LogP contribution is -2.33. The van der Waals surface area contributed by atoms with Crippen molar-refractivity contribution in [3.8, 4) is 0 Å². The van der Waals surface area contributed by atoms with Gasteiger partial charge in [0.1, 0.15) is 0 Å². The minimum absolute atomic E-state index is 0.121. The van der Waals surface area contributed by atoms with Crippen LogP contribution in [0, 0.1) is 0 Å². The second-order valence-corrected chi connectivity index (χ2v) is 4.56. The summed E-state index contributed by atoms with van der Waals surface area (Å²) in [5.41, 5.74) is 0. The molecular weight excluding hydrogens is 260 g/mol. The van der Waals surface area contributed by atoms with E-state index in [1.807, 2.05) is 6.92 Å². The van der Waals surface area contributed by atoms with Gasteiger partial charge in [0.15, 0.2) is 5.76 Å². The van der Waals surface area contributed by atoms with Crippen LogP contribution in [0.25, 0.3) is 0 Å². The van der Waals surface area contributed by atoms with E-state index in [2.05, 4.69) is 10.3 Å². The van der Waals surface area contributed by atoms with Crippen molar-refractivity contribution in [2.75, 3.05) is 19.8 Å². The number of ether oxygens (including phenoxy) is 2. The van der Waals surface area contributed by atoms with Crippen LogP contribution in [-0.4, -0.2) is 37.8 Å². The van der Waals surface area contributed by atoms with Crippen LogP contribution in [0.2, 0.25) is 0 Å². The van der Waals surface area contributed by atoms with Gasteiger partial charge in [-0.3, -0.25) is 10.1 Å². The summed E-state index contributed by atoms with van der Waals surface area (Å²) in [6.45, 7) is 3.77. The van der Waals surface area contributed by atoms with E-state index in [-0.39, 0.29) is 23.8 Å². The van der Waals surface area contributed by atoms with Crippen LogP contribution in [0.4, 0.5) is 0 Å². The second kappa shape index (κ2) is 7.69. The number of nitrogens with one attached hydrogen (secondary N) is 1. The molecule has 1 amide bonds. The summed E-state index contributed by atoms with van der Waals surface area (Å²) >= 11 is 0. The van der Waals surface area contributed by atoms with E-state index < -0.39 is 0 Å². The maximum atomic E-state index is 11.9. The molecule has 2 rings (SSSR count). The maximum Gasteiger partial charge on any atom is 0.294 e. The topological polar surface area (TPSA) is 73.1 Å². The van der Waals surface area contributed by atoms with Crippen molar-refractivity contribution >= 4 is 11.9 Å². The number of hydrogen-bond acceptors (Lipinski definition) is 5. The van der Waals surface area contributed by atoms with Crippen molar-refractivity contribution < 1.29 is 18.7 Å². The fourth-order valence-electron chi connectivity index (χ4n) is 1.86. The Kier molecular flexibility index (Phi) is 5.61. The summed E-state index contributed by atoms with van der Waals surface area (Å²) < 4.78 is 16.0. The lowest BCUT2D eigenvalue weighted by atomic mass is 10.2. The van der Waals surface area contributed by atoms with Gasteiger partial charge in [-0.1, -0.05) is 6.92 Å². The number of furan rings is 1. The first-order chi connectivity index (χ1) is 9.79. The summed E-state index contributed by atoms with van der Waals surface area (Å²) in [5, 5.41) is 2.62. The molecule has 0 unspecified atom stereocenters. The quantitative estimate of drug-likeness (QED) is 0.661. The zero-order chi connectivity index (χ0) is 14.2. The van der Waals surface area contributed by atoms with Crippen LogP contribution in [0.15, 0.2) is 27.8 Å². The number of hydrogen-bond donors (Lipinski definition) is 1. The smallest absolute Gasteiger partial charge is 0.294 e. The Hall–Kier alpha value is -1.82. The third-order valence-electron chi connectivity index (χ3n) is 2.87. The molecule has 0 radical (unpaired) electrons. The summed E-state index contributed by atoms with van der Waals surface area (Å²) in [4.78, 5) is 16.2. The summed E-state index contributed by atoms with van der Waals surface area (Å²) in [7, 11) is 0. The molecule has 6 nitrogen and oxygen atoms in total. The molecular formula is C14H20N2O4. The normalized spacial score (nSPS) is 19.1. The van der Waals surface area contributed by atoms with Crippen molar-refractivity contribution in [2.24, 2.45) is 4.99 Å². The van der Waals surface area contributed by atoms with E-state index in [0.717, 1.165) is 25.9 Å². The third kappa shape index (κ3) is 4.38. The van der Waals surface area contributed by atoms with Crippen molar-refractivity contribution in [1.29, 1.82) is 0 Å². The standard InChI is InChI=1S/C14H20N2O4/c1-2-7-20-14(15-10-11-5-3-8-18-11)16-13(17)12-6-4-9-19-12/h4,6,9,11H,2-3,5,7-8,10H2,1H3,(H,15,16,17)/t11-/m1/s1. The van der Waals surface area contributed by atoms with Gasteiger partial charge in [0.05, 0.1) is 25.5 Å². The number of amides is 1.